The summed E-state index contributed by atoms with van der Waals surface area (Å²) in [6, 6.07) is 79.5. The van der Waals surface area contributed by atoms with Crippen LogP contribution in [0.4, 0.5) is 0 Å². The largest absolute Gasteiger partial charge is 0.248 e. The van der Waals surface area contributed by atoms with Crippen LogP contribution in [-0.2, 0) is 0 Å². The Morgan fingerprint density at radius 2 is 0.629 bits per heavy atom. The van der Waals surface area contributed by atoms with E-state index in [9.17, 15) is 0 Å². The molecular weight excluding hydrogens is 749 g/mol. The molecule has 2 aromatic heterocycles. The van der Waals surface area contributed by atoms with Crippen molar-refractivity contribution in [3.05, 3.63) is 218 Å². The Labute approximate surface area is 358 Å². The molecule has 0 aliphatic carbocycles. The molecule has 0 unspecified atom stereocenters. The minimum atomic E-state index is 0.940. The number of hydrogen-bond acceptors (Lipinski definition) is 2. The SMILES string of the molecule is c1ccc2c(c1)cc(-c1cc3c(-c4cc5ccccc5c5ccccc45)cc(-c4ccc(-c5c6ccccc6nc6ccccc56)cc4)nc3c3ccccc13)c1ccccc12. The van der Waals surface area contributed by atoms with E-state index in [1.165, 1.54) is 76.3 Å². The Kier molecular flexibility index (Phi) is 7.64. The van der Waals surface area contributed by atoms with Gasteiger partial charge in [0.25, 0.3) is 0 Å². The molecule has 0 aliphatic rings. The summed E-state index contributed by atoms with van der Waals surface area (Å²) in [6.07, 6.45) is 0. The van der Waals surface area contributed by atoms with Crippen LogP contribution in [0.5, 0.6) is 0 Å². The number of aromatic nitrogens is 2. The summed E-state index contributed by atoms with van der Waals surface area (Å²) in [5, 5.41) is 15.7. The maximum Gasteiger partial charge on any atom is 0.0794 e. The lowest BCUT2D eigenvalue weighted by Crippen LogP contribution is -1.95. The Morgan fingerprint density at radius 1 is 0.242 bits per heavy atom. The third kappa shape index (κ3) is 5.30. The van der Waals surface area contributed by atoms with Crippen LogP contribution >= 0.6 is 0 Å². The first kappa shape index (κ1) is 34.6. The molecule has 2 nitrogen and oxygen atoms in total. The van der Waals surface area contributed by atoms with Gasteiger partial charge < -0.3 is 0 Å². The quantitative estimate of drug-likeness (QED) is 0.131. The van der Waals surface area contributed by atoms with Crippen molar-refractivity contribution in [2.75, 3.05) is 0 Å². The highest BCUT2D eigenvalue weighted by Crippen LogP contribution is 2.46. The zero-order chi connectivity index (χ0) is 40.7. The van der Waals surface area contributed by atoms with Crippen molar-refractivity contribution in [3.8, 4) is 44.6 Å². The highest BCUT2D eigenvalue weighted by molar-refractivity contribution is 6.23. The zero-order valence-corrected chi connectivity index (χ0v) is 33.7. The smallest absolute Gasteiger partial charge is 0.0794 e. The van der Waals surface area contributed by atoms with E-state index in [4.69, 9.17) is 9.97 Å². The third-order valence-corrected chi connectivity index (χ3v) is 13.0. The molecule has 13 rings (SSSR count). The normalized spacial score (nSPS) is 11.9. The average molecular weight is 785 g/mol. The minimum absolute atomic E-state index is 0.940. The van der Waals surface area contributed by atoms with E-state index in [2.05, 4.69) is 218 Å². The van der Waals surface area contributed by atoms with Crippen LogP contribution in [0.1, 0.15) is 0 Å². The maximum atomic E-state index is 5.64. The first-order valence-corrected chi connectivity index (χ1v) is 21.3. The van der Waals surface area contributed by atoms with Crippen molar-refractivity contribution in [2.24, 2.45) is 0 Å². The number of benzene rings is 11. The Morgan fingerprint density at radius 3 is 1.18 bits per heavy atom. The number of para-hydroxylation sites is 2. The van der Waals surface area contributed by atoms with Gasteiger partial charge in [-0.2, -0.15) is 0 Å². The molecule has 13 aromatic rings. The van der Waals surface area contributed by atoms with Gasteiger partial charge in [-0.1, -0.05) is 182 Å². The summed E-state index contributed by atoms with van der Waals surface area (Å²) in [6.45, 7) is 0. The third-order valence-electron chi connectivity index (χ3n) is 13.0. The second-order valence-corrected chi connectivity index (χ2v) is 16.4. The van der Waals surface area contributed by atoms with E-state index >= 15 is 0 Å². The van der Waals surface area contributed by atoms with E-state index in [0.29, 0.717) is 0 Å². The van der Waals surface area contributed by atoms with Crippen molar-refractivity contribution in [1.29, 1.82) is 0 Å². The van der Waals surface area contributed by atoms with Crippen molar-refractivity contribution < 1.29 is 0 Å². The Balaban J connectivity index is 1.11. The van der Waals surface area contributed by atoms with Crippen LogP contribution in [0.15, 0.2) is 218 Å². The molecule has 11 aromatic carbocycles. The lowest BCUT2D eigenvalue weighted by Gasteiger charge is -2.19. The zero-order valence-electron chi connectivity index (χ0n) is 33.7. The van der Waals surface area contributed by atoms with E-state index in [0.717, 1.165) is 54.9 Å². The molecule has 62 heavy (non-hydrogen) atoms. The average Bonchev–Trinajstić information content (AvgIpc) is 3.34. The molecule has 0 N–H and O–H groups in total. The van der Waals surface area contributed by atoms with E-state index in [1.807, 2.05) is 0 Å². The van der Waals surface area contributed by atoms with Gasteiger partial charge in [0.1, 0.15) is 0 Å². The number of pyridine rings is 2. The second kappa shape index (κ2) is 13.7. The first-order valence-electron chi connectivity index (χ1n) is 21.3. The van der Waals surface area contributed by atoms with Gasteiger partial charge in [0, 0.05) is 32.7 Å². The maximum absolute atomic E-state index is 5.64. The molecule has 0 amide bonds. The predicted octanol–water partition coefficient (Wildman–Crippen LogP) is 16.4. The first-order chi connectivity index (χ1) is 30.7. The van der Waals surface area contributed by atoms with Crippen LogP contribution in [0.2, 0.25) is 0 Å². The van der Waals surface area contributed by atoms with Gasteiger partial charge in [-0.25, -0.2) is 9.97 Å². The molecule has 0 fully saturated rings. The van der Waals surface area contributed by atoms with E-state index < -0.39 is 0 Å². The van der Waals surface area contributed by atoms with Crippen molar-refractivity contribution in [2.45, 2.75) is 0 Å². The molecule has 0 spiro atoms. The monoisotopic (exact) mass is 784 g/mol. The lowest BCUT2D eigenvalue weighted by atomic mass is 9.86. The van der Waals surface area contributed by atoms with Crippen LogP contribution in [0.3, 0.4) is 0 Å². The van der Waals surface area contributed by atoms with Crippen molar-refractivity contribution in [1.82, 2.24) is 9.97 Å². The number of fused-ring (bicyclic) bond motifs is 11. The fraction of sp³-hybridized carbons (Fsp3) is 0. The molecule has 0 saturated carbocycles. The Bertz CT molecular complexity index is 3920. The van der Waals surface area contributed by atoms with Crippen LogP contribution in [0.25, 0.3) is 131 Å². The van der Waals surface area contributed by atoms with Gasteiger partial charge in [0.05, 0.1) is 22.2 Å². The van der Waals surface area contributed by atoms with Crippen LogP contribution < -0.4 is 0 Å². The molecule has 2 heterocycles. The lowest BCUT2D eigenvalue weighted by molar-refractivity contribution is 1.41. The standard InChI is InChI=1S/C60H36N2/c1-3-17-41-39(15-1)33-51(45-21-7-5-19-43(41)45)53-35-55-54(52-34-40-16-2-4-18-42(40)44-20-6-8-22-46(44)52)36-58(62-60(55)48-24-10-9-23-47(48)53)37-29-31-38(32-30-37)59-49-25-11-13-27-56(49)61-57-28-14-12-26-50(57)59/h1-36H. The summed E-state index contributed by atoms with van der Waals surface area (Å²) in [4.78, 5) is 10.6. The van der Waals surface area contributed by atoms with Gasteiger partial charge in [-0.05, 0) is 113 Å². The van der Waals surface area contributed by atoms with Gasteiger partial charge in [0.2, 0.25) is 0 Å². The molecule has 0 saturated heterocycles. The molecule has 0 atom stereocenters. The molecule has 286 valence electrons. The fourth-order valence-electron chi connectivity index (χ4n) is 10.2. The molecular formula is C60H36N2. The fourth-order valence-corrected chi connectivity index (χ4v) is 10.2. The van der Waals surface area contributed by atoms with Gasteiger partial charge >= 0.3 is 0 Å². The molecule has 0 radical (unpaired) electrons. The topological polar surface area (TPSA) is 25.8 Å². The molecule has 0 bridgehead atoms. The highest BCUT2D eigenvalue weighted by Gasteiger charge is 2.20. The number of nitrogens with zero attached hydrogens (tertiary/aromatic N) is 2. The Hall–Kier alpha value is -8.20. The van der Waals surface area contributed by atoms with E-state index in [-0.39, 0.29) is 0 Å². The predicted molar refractivity (Wildman–Crippen MR) is 264 cm³/mol. The summed E-state index contributed by atoms with van der Waals surface area (Å²) in [5.74, 6) is 0. The summed E-state index contributed by atoms with van der Waals surface area (Å²) in [5.41, 5.74) is 12.1. The van der Waals surface area contributed by atoms with Crippen LogP contribution in [0, 0.1) is 0 Å². The second-order valence-electron chi connectivity index (χ2n) is 16.4. The van der Waals surface area contributed by atoms with Gasteiger partial charge in [-0.15, -0.1) is 0 Å². The van der Waals surface area contributed by atoms with Gasteiger partial charge in [0.15, 0.2) is 0 Å². The van der Waals surface area contributed by atoms with Crippen molar-refractivity contribution in [3.63, 3.8) is 0 Å². The number of rotatable bonds is 4. The highest BCUT2D eigenvalue weighted by atomic mass is 14.7. The summed E-state index contributed by atoms with van der Waals surface area (Å²) < 4.78 is 0. The van der Waals surface area contributed by atoms with E-state index in [1.54, 1.807) is 0 Å². The van der Waals surface area contributed by atoms with Crippen molar-refractivity contribution >= 4 is 86.6 Å². The van der Waals surface area contributed by atoms with Gasteiger partial charge in [-0.3, -0.25) is 0 Å². The summed E-state index contributed by atoms with van der Waals surface area (Å²) >= 11 is 0. The molecule has 0 aliphatic heterocycles. The van der Waals surface area contributed by atoms with Crippen LogP contribution in [-0.4, -0.2) is 9.97 Å². The number of hydrogen-bond donors (Lipinski definition) is 0. The summed E-state index contributed by atoms with van der Waals surface area (Å²) in [7, 11) is 0. The molecule has 2 heteroatoms. The minimum Gasteiger partial charge on any atom is -0.248 e.